The molecule has 0 aliphatic carbocycles. The summed E-state index contributed by atoms with van der Waals surface area (Å²) >= 11 is 1.74. The Labute approximate surface area is 120 Å². The summed E-state index contributed by atoms with van der Waals surface area (Å²) in [4.78, 5) is 4.76. The molecule has 0 aromatic carbocycles. The van der Waals surface area contributed by atoms with Crippen molar-refractivity contribution in [1.29, 1.82) is 0 Å². The molecule has 1 unspecified atom stereocenters. The number of hydrogen-bond donors (Lipinski definition) is 1. The van der Waals surface area contributed by atoms with Crippen LogP contribution in [0.4, 0.5) is 0 Å². The van der Waals surface area contributed by atoms with E-state index in [4.69, 9.17) is 9.72 Å². The minimum absolute atomic E-state index is 0.134. The molecule has 1 atom stereocenters. The van der Waals surface area contributed by atoms with Crippen LogP contribution < -0.4 is 5.32 Å². The zero-order valence-corrected chi connectivity index (χ0v) is 13.9. The summed E-state index contributed by atoms with van der Waals surface area (Å²) in [5, 5.41) is 7.03. The molecule has 1 aliphatic rings. The van der Waals surface area contributed by atoms with Crippen LogP contribution in [0.15, 0.2) is 5.38 Å². The summed E-state index contributed by atoms with van der Waals surface area (Å²) in [7, 11) is 0. The minimum Gasteiger partial charge on any atom is -0.367 e. The Kier molecular flexibility index (Phi) is 3.57. The van der Waals surface area contributed by atoms with Gasteiger partial charge in [0.1, 0.15) is 10.5 Å². The van der Waals surface area contributed by atoms with Gasteiger partial charge in [-0.05, 0) is 48.5 Å². The Hall–Kier alpha value is -0.450. The molecular weight excluding hydrogens is 256 g/mol. The number of hydrogen-bond acceptors (Lipinski definition) is 4. The first-order valence-electron chi connectivity index (χ1n) is 6.98. The molecule has 0 amide bonds. The Balaban J connectivity index is 2.52. The molecule has 19 heavy (non-hydrogen) atoms. The molecule has 2 rings (SSSR count). The highest BCUT2D eigenvalue weighted by atomic mass is 32.1. The summed E-state index contributed by atoms with van der Waals surface area (Å²) in [6.45, 7) is 15.1. The van der Waals surface area contributed by atoms with Crippen LogP contribution in [0.3, 0.4) is 0 Å². The van der Waals surface area contributed by atoms with Gasteiger partial charge in [-0.15, -0.1) is 11.3 Å². The largest absolute Gasteiger partial charge is 0.367 e. The van der Waals surface area contributed by atoms with E-state index in [0.717, 1.165) is 17.1 Å². The normalized spacial score (nSPS) is 29.1. The Bertz CT molecular complexity index is 464. The average molecular weight is 282 g/mol. The van der Waals surface area contributed by atoms with Gasteiger partial charge in [0.05, 0.1) is 11.2 Å². The van der Waals surface area contributed by atoms with Gasteiger partial charge in [0, 0.05) is 23.5 Å². The van der Waals surface area contributed by atoms with E-state index in [1.54, 1.807) is 11.3 Å². The van der Waals surface area contributed by atoms with Gasteiger partial charge in [-0.3, -0.25) is 0 Å². The number of nitrogens with zero attached hydrogens (tertiary/aromatic N) is 1. The quantitative estimate of drug-likeness (QED) is 0.919. The highest BCUT2D eigenvalue weighted by Gasteiger charge is 2.59. The Morgan fingerprint density at radius 3 is 2.32 bits per heavy atom. The van der Waals surface area contributed by atoms with E-state index in [1.165, 1.54) is 0 Å². The SMILES string of the molecule is Cc1csc(C2(NC(C)C)CC(C)(C)OC2(C)C)n1. The number of aryl methyl sites for hydroxylation is 1. The van der Waals surface area contributed by atoms with Crippen LogP contribution in [0.25, 0.3) is 0 Å². The van der Waals surface area contributed by atoms with E-state index in [9.17, 15) is 0 Å². The van der Waals surface area contributed by atoms with Gasteiger partial charge in [0.15, 0.2) is 0 Å². The third-order valence-corrected chi connectivity index (χ3v) is 4.89. The lowest BCUT2D eigenvalue weighted by Gasteiger charge is -2.40. The summed E-state index contributed by atoms with van der Waals surface area (Å²) < 4.78 is 6.32. The van der Waals surface area contributed by atoms with Crippen molar-refractivity contribution >= 4 is 11.3 Å². The summed E-state index contributed by atoms with van der Waals surface area (Å²) in [6, 6.07) is 0.390. The van der Waals surface area contributed by atoms with Gasteiger partial charge in [-0.2, -0.15) is 0 Å². The first-order chi connectivity index (χ1) is 8.58. The van der Waals surface area contributed by atoms with Crippen molar-refractivity contribution in [2.45, 2.75) is 77.7 Å². The van der Waals surface area contributed by atoms with Gasteiger partial charge in [0.25, 0.3) is 0 Å². The van der Waals surface area contributed by atoms with Gasteiger partial charge in [-0.1, -0.05) is 0 Å². The molecule has 1 saturated heterocycles. The molecule has 4 heteroatoms. The van der Waals surface area contributed by atoms with Crippen LogP contribution in [0.5, 0.6) is 0 Å². The lowest BCUT2D eigenvalue weighted by molar-refractivity contribution is -0.0853. The van der Waals surface area contributed by atoms with Crippen LogP contribution in [0, 0.1) is 6.92 Å². The number of nitrogens with one attached hydrogen (secondary N) is 1. The predicted octanol–water partition coefficient (Wildman–Crippen LogP) is 3.62. The predicted molar refractivity (Wildman–Crippen MR) is 80.7 cm³/mol. The number of rotatable bonds is 3. The van der Waals surface area contributed by atoms with Gasteiger partial charge < -0.3 is 10.1 Å². The molecule has 3 nitrogen and oxygen atoms in total. The highest BCUT2D eigenvalue weighted by molar-refractivity contribution is 7.09. The number of thiazole rings is 1. The fourth-order valence-corrected chi connectivity index (χ4v) is 4.44. The molecule has 108 valence electrons. The standard InChI is InChI=1S/C15H26N2OS/c1-10(2)17-15(12-16-11(3)8-19-12)9-13(4,5)18-14(15,6)7/h8,10,17H,9H2,1-7H3. The highest BCUT2D eigenvalue weighted by Crippen LogP contribution is 2.51. The molecule has 2 heterocycles. The van der Waals surface area contributed by atoms with E-state index in [0.29, 0.717) is 6.04 Å². The summed E-state index contributed by atoms with van der Waals surface area (Å²) in [6.07, 6.45) is 0.943. The molecule has 1 N–H and O–H groups in total. The third kappa shape index (κ3) is 2.58. The van der Waals surface area contributed by atoms with Crippen LogP contribution >= 0.6 is 11.3 Å². The van der Waals surface area contributed by atoms with Gasteiger partial charge in [-0.25, -0.2) is 4.98 Å². The fourth-order valence-electron chi connectivity index (χ4n) is 3.33. The fraction of sp³-hybridized carbons (Fsp3) is 0.800. The van der Waals surface area contributed by atoms with E-state index >= 15 is 0 Å². The topological polar surface area (TPSA) is 34.1 Å². The molecule has 0 spiro atoms. The molecule has 0 bridgehead atoms. The van der Waals surface area contributed by atoms with Crippen LogP contribution in [0.2, 0.25) is 0 Å². The zero-order valence-electron chi connectivity index (χ0n) is 13.1. The maximum Gasteiger partial charge on any atom is 0.116 e. The molecule has 1 aliphatic heterocycles. The Morgan fingerprint density at radius 2 is 1.95 bits per heavy atom. The van der Waals surface area contributed by atoms with Crippen molar-refractivity contribution in [3.8, 4) is 0 Å². The summed E-state index contributed by atoms with van der Waals surface area (Å²) in [5.74, 6) is 0. The van der Waals surface area contributed by atoms with Crippen molar-refractivity contribution in [3.05, 3.63) is 16.1 Å². The second-order valence-corrected chi connectivity index (χ2v) is 7.91. The monoisotopic (exact) mass is 282 g/mol. The van der Waals surface area contributed by atoms with Crippen molar-refractivity contribution < 1.29 is 4.74 Å². The molecule has 1 fully saturated rings. The molecule has 1 aromatic rings. The van der Waals surface area contributed by atoms with Crippen LogP contribution in [-0.2, 0) is 10.3 Å². The average Bonchev–Trinajstić information content (AvgIpc) is 2.66. The Morgan fingerprint density at radius 1 is 1.32 bits per heavy atom. The first kappa shape index (κ1) is 14.9. The van der Waals surface area contributed by atoms with Crippen molar-refractivity contribution in [1.82, 2.24) is 10.3 Å². The number of ether oxygens (including phenoxy) is 1. The first-order valence-corrected chi connectivity index (χ1v) is 7.86. The smallest absolute Gasteiger partial charge is 0.116 e. The minimum atomic E-state index is -0.273. The molecular formula is C15H26N2OS. The van der Waals surface area contributed by atoms with Crippen molar-refractivity contribution in [3.63, 3.8) is 0 Å². The maximum atomic E-state index is 6.32. The number of aromatic nitrogens is 1. The second kappa shape index (κ2) is 4.54. The van der Waals surface area contributed by atoms with E-state index in [2.05, 4.69) is 59.2 Å². The lowest BCUT2D eigenvalue weighted by Crippen LogP contribution is -2.56. The van der Waals surface area contributed by atoms with E-state index in [1.807, 2.05) is 0 Å². The lowest BCUT2D eigenvalue weighted by atomic mass is 9.79. The molecule has 0 radical (unpaired) electrons. The molecule has 1 aromatic heterocycles. The summed E-state index contributed by atoms with van der Waals surface area (Å²) in [5.41, 5.74) is 0.477. The van der Waals surface area contributed by atoms with Crippen molar-refractivity contribution in [2.24, 2.45) is 0 Å². The van der Waals surface area contributed by atoms with Crippen LogP contribution in [0.1, 0.15) is 58.7 Å². The van der Waals surface area contributed by atoms with Gasteiger partial charge in [0.2, 0.25) is 0 Å². The molecule has 0 saturated carbocycles. The maximum absolute atomic E-state index is 6.32. The second-order valence-electron chi connectivity index (χ2n) is 7.05. The van der Waals surface area contributed by atoms with E-state index < -0.39 is 0 Å². The van der Waals surface area contributed by atoms with E-state index in [-0.39, 0.29) is 16.7 Å². The van der Waals surface area contributed by atoms with Crippen LogP contribution in [-0.4, -0.2) is 22.2 Å². The van der Waals surface area contributed by atoms with Gasteiger partial charge >= 0.3 is 0 Å². The van der Waals surface area contributed by atoms with Crippen molar-refractivity contribution in [2.75, 3.05) is 0 Å². The third-order valence-electron chi connectivity index (χ3n) is 3.77. The zero-order chi connectivity index (χ0) is 14.5.